The molecule has 24 heavy (non-hydrogen) atoms. The first-order valence-electron chi connectivity index (χ1n) is 7.62. The molecule has 0 bridgehead atoms. The lowest BCUT2D eigenvalue weighted by Gasteiger charge is -2.17. The van der Waals surface area contributed by atoms with Crippen LogP contribution < -0.4 is 10.6 Å². The van der Waals surface area contributed by atoms with Crippen LogP contribution in [0.1, 0.15) is 12.0 Å². The Labute approximate surface area is 159 Å². The Bertz CT molecular complexity index is 503. The first-order chi connectivity index (χ1) is 11.1. The number of hydrogen-bond acceptors (Lipinski definition) is 3. The highest BCUT2D eigenvalue weighted by atomic mass is 127. The van der Waals surface area contributed by atoms with Crippen molar-refractivity contribution in [1.29, 1.82) is 0 Å². The molecule has 0 saturated heterocycles. The predicted octanol–water partition coefficient (Wildman–Crippen LogP) is 2.22. The number of aliphatic imine (C=N–C) groups is 1. The van der Waals surface area contributed by atoms with E-state index in [2.05, 4.69) is 20.5 Å². The van der Waals surface area contributed by atoms with Crippen molar-refractivity contribution in [1.82, 2.24) is 15.5 Å². The average Bonchev–Trinajstić information content (AvgIpc) is 2.55. The number of ether oxygens (including phenoxy) is 1. The van der Waals surface area contributed by atoms with Gasteiger partial charge in [0, 0.05) is 39.4 Å². The lowest BCUT2D eigenvalue weighted by molar-refractivity contribution is 0.161. The molecule has 0 aliphatic rings. The van der Waals surface area contributed by atoms with Crippen LogP contribution in [0.3, 0.4) is 0 Å². The summed E-state index contributed by atoms with van der Waals surface area (Å²) in [6, 6.07) is 3.41. The summed E-state index contributed by atoms with van der Waals surface area (Å²) >= 11 is 0. The smallest absolute Gasteiger partial charge is 0.191 e. The fourth-order valence-corrected chi connectivity index (χ4v) is 1.99. The van der Waals surface area contributed by atoms with E-state index in [1.807, 2.05) is 7.05 Å². The van der Waals surface area contributed by atoms with Crippen molar-refractivity contribution in [2.24, 2.45) is 4.99 Å². The predicted molar refractivity (Wildman–Crippen MR) is 104 cm³/mol. The summed E-state index contributed by atoms with van der Waals surface area (Å²) in [4.78, 5) is 6.25. The number of hydrogen-bond donors (Lipinski definition) is 2. The molecule has 0 amide bonds. The number of methoxy groups -OCH3 is 1. The van der Waals surface area contributed by atoms with Crippen molar-refractivity contribution in [3.63, 3.8) is 0 Å². The molecular formula is C16H27F2IN4O. The van der Waals surface area contributed by atoms with Gasteiger partial charge in [-0.3, -0.25) is 4.99 Å². The Morgan fingerprint density at radius 1 is 1.25 bits per heavy atom. The number of benzene rings is 1. The molecule has 2 N–H and O–H groups in total. The van der Waals surface area contributed by atoms with Gasteiger partial charge in [0.2, 0.25) is 0 Å². The van der Waals surface area contributed by atoms with Gasteiger partial charge in [0.1, 0.15) is 11.6 Å². The Balaban J connectivity index is 0.00000529. The fraction of sp³-hybridized carbons (Fsp3) is 0.562. The van der Waals surface area contributed by atoms with Crippen LogP contribution in [0.25, 0.3) is 0 Å². The van der Waals surface area contributed by atoms with E-state index in [9.17, 15) is 8.78 Å². The van der Waals surface area contributed by atoms with Crippen molar-refractivity contribution in [2.45, 2.75) is 13.0 Å². The van der Waals surface area contributed by atoms with E-state index in [4.69, 9.17) is 4.74 Å². The molecule has 0 saturated carbocycles. The molecule has 5 nitrogen and oxygen atoms in total. The van der Waals surface area contributed by atoms with Crippen molar-refractivity contribution in [2.75, 3.05) is 47.4 Å². The van der Waals surface area contributed by atoms with E-state index < -0.39 is 11.6 Å². The van der Waals surface area contributed by atoms with Gasteiger partial charge in [0.05, 0.1) is 6.61 Å². The lowest BCUT2D eigenvalue weighted by atomic mass is 10.2. The van der Waals surface area contributed by atoms with Crippen LogP contribution in [0.2, 0.25) is 0 Å². The molecule has 0 aliphatic carbocycles. The number of likely N-dealkylation sites (N-methyl/N-ethyl adjacent to an activating group) is 1. The van der Waals surface area contributed by atoms with E-state index in [0.717, 1.165) is 38.2 Å². The molecule has 8 heteroatoms. The topological polar surface area (TPSA) is 48.9 Å². The van der Waals surface area contributed by atoms with E-state index in [1.165, 1.54) is 6.07 Å². The van der Waals surface area contributed by atoms with Crippen molar-refractivity contribution in [3.05, 3.63) is 35.4 Å². The normalized spacial score (nSPS) is 11.3. The minimum absolute atomic E-state index is 0. The third-order valence-corrected chi connectivity index (χ3v) is 3.36. The molecule has 0 spiro atoms. The number of nitrogens with one attached hydrogen (secondary N) is 2. The zero-order valence-electron chi connectivity index (χ0n) is 14.4. The Kier molecular flexibility index (Phi) is 12.8. The maximum atomic E-state index is 13.5. The van der Waals surface area contributed by atoms with Crippen LogP contribution in [0.15, 0.2) is 23.2 Å². The van der Waals surface area contributed by atoms with Crippen molar-refractivity contribution >= 4 is 29.9 Å². The van der Waals surface area contributed by atoms with Gasteiger partial charge in [-0.2, -0.15) is 0 Å². The van der Waals surface area contributed by atoms with E-state index >= 15 is 0 Å². The maximum absolute atomic E-state index is 13.5. The molecular weight excluding hydrogens is 429 g/mol. The van der Waals surface area contributed by atoms with Gasteiger partial charge < -0.3 is 20.3 Å². The molecule has 138 valence electrons. The van der Waals surface area contributed by atoms with Gasteiger partial charge in [-0.25, -0.2) is 8.78 Å². The van der Waals surface area contributed by atoms with Crippen LogP contribution in [-0.2, 0) is 11.3 Å². The number of nitrogens with zero attached hydrogens (tertiary/aromatic N) is 2. The van der Waals surface area contributed by atoms with Gasteiger partial charge in [-0.15, -0.1) is 24.0 Å². The highest BCUT2D eigenvalue weighted by Crippen LogP contribution is 2.08. The minimum Gasteiger partial charge on any atom is -0.383 e. The van der Waals surface area contributed by atoms with E-state index in [0.29, 0.717) is 12.6 Å². The first kappa shape index (κ1) is 23.0. The summed E-state index contributed by atoms with van der Waals surface area (Å²) in [6.07, 6.45) is 0.940. The number of rotatable bonds is 9. The molecule has 0 unspecified atom stereocenters. The lowest BCUT2D eigenvalue weighted by Crippen LogP contribution is -2.38. The molecule has 1 rings (SSSR count). The Morgan fingerprint density at radius 3 is 2.67 bits per heavy atom. The number of halogens is 3. The molecule has 0 radical (unpaired) electrons. The molecule has 1 aromatic carbocycles. The highest BCUT2D eigenvalue weighted by Gasteiger charge is 2.05. The fourth-order valence-electron chi connectivity index (χ4n) is 1.99. The van der Waals surface area contributed by atoms with Crippen LogP contribution in [0.5, 0.6) is 0 Å². The number of guanidine groups is 1. The van der Waals surface area contributed by atoms with Crippen LogP contribution >= 0.6 is 24.0 Å². The second kappa shape index (κ2) is 13.3. The van der Waals surface area contributed by atoms with E-state index in [1.54, 1.807) is 14.2 Å². The monoisotopic (exact) mass is 456 g/mol. The van der Waals surface area contributed by atoms with Gasteiger partial charge in [0.15, 0.2) is 5.96 Å². The summed E-state index contributed by atoms with van der Waals surface area (Å²) in [5, 5.41) is 6.12. The summed E-state index contributed by atoms with van der Waals surface area (Å²) < 4.78 is 31.7. The van der Waals surface area contributed by atoms with Gasteiger partial charge in [-0.1, -0.05) is 0 Å². The van der Waals surface area contributed by atoms with Crippen molar-refractivity contribution in [3.8, 4) is 0 Å². The summed E-state index contributed by atoms with van der Waals surface area (Å²) in [5.74, 6) is -0.326. The summed E-state index contributed by atoms with van der Waals surface area (Å²) in [6.45, 7) is 3.46. The average molecular weight is 456 g/mol. The second-order valence-corrected chi connectivity index (χ2v) is 5.24. The SMILES string of the molecule is CN=C(NCCCN(C)CCOC)NCc1cc(F)ccc1F.I. The zero-order chi connectivity index (χ0) is 17.1. The minimum atomic E-state index is -0.453. The summed E-state index contributed by atoms with van der Waals surface area (Å²) in [5.41, 5.74) is 0.271. The molecule has 0 atom stereocenters. The third kappa shape index (κ3) is 9.33. The first-order valence-corrected chi connectivity index (χ1v) is 7.62. The van der Waals surface area contributed by atoms with Gasteiger partial charge in [-0.05, 0) is 38.2 Å². The molecule has 0 fully saturated rings. The Hall–Kier alpha value is -1.00. The highest BCUT2D eigenvalue weighted by molar-refractivity contribution is 14.0. The molecule has 0 heterocycles. The van der Waals surface area contributed by atoms with Crippen LogP contribution in [0, 0.1) is 11.6 Å². The molecule has 1 aromatic rings. The molecule has 0 aliphatic heterocycles. The quantitative estimate of drug-likeness (QED) is 0.259. The third-order valence-electron chi connectivity index (χ3n) is 3.36. The second-order valence-electron chi connectivity index (χ2n) is 5.24. The van der Waals surface area contributed by atoms with Gasteiger partial charge >= 0.3 is 0 Å². The Morgan fingerprint density at radius 2 is 2.00 bits per heavy atom. The summed E-state index contributed by atoms with van der Waals surface area (Å²) in [7, 11) is 5.37. The largest absolute Gasteiger partial charge is 0.383 e. The molecule has 0 aromatic heterocycles. The zero-order valence-corrected chi connectivity index (χ0v) is 16.8. The van der Waals surface area contributed by atoms with Crippen LogP contribution in [0.4, 0.5) is 8.78 Å². The van der Waals surface area contributed by atoms with Crippen molar-refractivity contribution < 1.29 is 13.5 Å². The standard InChI is InChI=1S/C16H26F2N4O.HI/c1-19-16(20-7-4-8-22(2)9-10-23-3)21-12-13-11-14(17)5-6-15(13)18;/h5-6,11H,4,7-10,12H2,1-3H3,(H2,19,20,21);1H. The van der Waals surface area contributed by atoms with Gasteiger partial charge in [0.25, 0.3) is 0 Å². The van der Waals surface area contributed by atoms with E-state index in [-0.39, 0.29) is 36.1 Å². The van der Waals surface area contributed by atoms with Crippen LogP contribution in [-0.4, -0.2) is 58.3 Å². The maximum Gasteiger partial charge on any atom is 0.191 e.